The summed E-state index contributed by atoms with van der Waals surface area (Å²) in [7, 11) is 1.81. The number of hydrogen-bond donors (Lipinski definition) is 2. The first-order chi connectivity index (χ1) is 9.10. The molecule has 0 bridgehead atoms. The van der Waals surface area contributed by atoms with E-state index in [-0.39, 0.29) is 0 Å². The molecule has 0 radical (unpaired) electrons. The molecule has 0 fully saturated rings. The van der Waals surface area contributed by atoms with Crippen molar-refractivity contribution >= 4 is 34.8 Å². The minimum absolute atomic E-state index is 0.445. The summed E-state index contributed by atoms with van der Waals surface area (Å²) < 4.78 is 1.64. The standard InChI is InChI=1S/C11H14Cl2N6/c1-3-14-10-7(12)4-8(13)11(17-10)15-5-9-16-6-19(2)18-9/h4,6H,3,5H2,1-2H3,(H2,14,15,17). The molecule has 0 unspecified atom stereocenters. The second-order valence-corrected chi connectivity index (χ2v) is 4.68. The summed E-state index contributed by atoms with van der Waals surface area (Å²) in [6, 6.07) is 1.66. The van der Waals surface area contributed by atoms with Crippen molar-refractivity contribution in [3.63, 3.8) is 0 Å². The van der Waals surface area contributed by atoms with Crippen LogP contribution >= 0.6 is 23.2 Å². The number of pyridine rings is 1. The molecule has 102 valence electrons. The van der Waals surface area contributed by atoms with Gasteiger partial charge in [-0.3, -0.25) is 4.68 Å². The molecule has 0 spiro atoms. The number of halogens is 2. The fourth-order valence-corrected chi connectivity index (χ4v) is 2.00. The Balaban J connectivity index is 2.13. The Morgan fingerprint density at radius 1 is 1.21 bits per heavy atom. The molecule has 0 amide bonds. The topological polar surface area (TPSA) is 67.7 Å². The van der Waals surface area contributed by atoms with E-state index in [9.17, 15) is 0 Å². The van der Waals surface area contributed by atoms with Crippen LogP contribution in [0.4, 0.5) is 11.6 Å². The minimum Gasteiger partial charge on any atom is -0.369 e. The largest absolute Gasteiger partial charge is 0.369 e. The quantitative estimate of drug-likeness (QED) is 0.888. The second-order valence-electron chi connectivity index (χ2n) is 3.87. The van der Waals surface area contributed by atoms with Crippen LogP contribution in [0.15, 0.2) is 12.4 Å². The lowest BCUT2D eigenvalue weighted by atomic mass is 10.4. The number of aromatic nitrogens is 4. The lowest BCUT2D eigenvalue weighted by molar-refractivity contribution is 0.747. The molecule has 0 aliphatic carbocycles. The van der Waals surface area contributed by atoms with Crippen LogP contribution in [-0.4, -0.2) is 26.3 Å². The van der Waals surface area contributed by atoms with Crippen LogP contribution in [0, 0.1) is 0 Å². The first-order valence-corrected chi connectivity index (χ1v) is 6.54. The summed E-state index contributed by atoms with van der Waals surface area (Å²) in [5.74, 6) is 1.82. The van der Waals surface area contributed by atoms with Crippen LogP contribution in [0.2, 0.25) is 10.0 Å². The molecule has 19 heavy (non-hydrogen) atoms. The first kappa shape index (κ1) is 13.9. The predicted octanol–water partition coefficient (Wildman–Crippen LogP) is 2.56. The van der Waals surface area contributed by atoms with Gasteiger partial charge in [0.1, 0.15) is 18.0 Å². The van der Waals surface area contributed by atoms with E-state index in [2.05, 4.69) is 25.7 Å². The van der Waals surface area contributed by atoms with E-state index in [0.29, 0.717) is 34.1 Å². The molecule has 0 saturated heterocycles. The van der Waals surface area contributed by atoms with E-state index in [1.807, 2.05) is 14.0 Å². The van der Waals surface area contributed by atoms with Crippen LogP contribution in [0.1, 0.15) is 12.7 Å². The molecule has 8 heteroatoms. The van der Waals surface area contributed by atoms with Crippen molar-refractivity contribution < 1.29 is 0 Å². The molecule has 0 saturated carbocycles. The Labute approximate surface area is 121 Å². The molecule has 2 heterocycles. The number of aryl methyl sites for hydroxylation is 1. The van der Waals surface area contributed by atoms with E-state index >= 15 is 0 Å². The van der Waals surface area contributed by atoms with E-state index in [4.69, 9.17) is 23.2 Å². The smallest absolute Gasteiger partial charge is 0.169 e. The first-order valence-electron chi connectivity index (χ1n) is 5.78. The zero-order chi connectivity index (χ0) is 13.8. The highest BCUT2D eigenvalue weighted by Gasteiger charge is 2.09. The third kappa shape index (κ3) is 3.48. The van der Waals surface area contributed by atoms with Gasteiger partial charge in [-0.25, -0.2) is 9.97 Å². The fraction of sp³-hybridized carbons (Fsp3) is 0.364. The van der Waals surface area contributed by atoms with Crippen LogP contribution in [-0.2, 0) is 13.6 Å². The molecule has 0 aromatic carbocycles. The maximum atomic E-state index is 6.09. The molecule has 6 nitrogen and oxygen atoms in total. The normalized spacial score (nSPS) is 10.5. The third-order valence-corrected chi connectivity index (χ3v) is 2.91. The Morgan fingerprint density at radius 3 is 2.47 bits per heavy atom. The Kier molecular flexibility index (Phi) is 4.44. The van der Waals surface area contributed by atoms with Crippen molar-refractivity contribution in [1.29, 1.82) is 0 Å². The summed E-state index contributed by atoms with van der Waals surface area (Å²) in [6.45, 7) is 3.15. The van der Waals surface area contributed by atoms with Crippen molar-refractivity contribution in [3.05, 3.63) is 28.3 Å². The SMILES string of the molecule is CCNc1nc(NCc2ncn(C)n2)c(Cl)cc1Cl. The van der Waals surface area contributed by atoms with Crippen molar-refractivity contribution in [2.45, 2.75) is 13.5 Å². The molecular weight excluding hydrogens is 287 g/mol. The number of anilines is 2. The van der Waals surface area contributed by atoms with E-state index in [0.717, 1.165) is 6.54 Å². The van der Waals surface area contributed by atoms with Crippen molar-refractivity contribution in [1.82, 2.24) is 19.7 Å². The van der Waals surface area contributed by atoms with Crippen LogP contribution in [0.3, 0.4) is 0 Å². The number of nitrogens with zero attached hydrogens (tertiary/aromatic N) is 4. The number of nitrogens with one attached hydrogen (secondary N) is 2. The van der Waals surface area contributed by atoms with E-state index < -0.39 is 0 Å². The molecule has 2 aromatic rings. The zero-order valence-electron chi connectivity index (χ0n) is 10.6. The van der Waals surface area contributed by atoms with Gasteiger partial charge in [0, 0.05) is 13.6 Å². The van der Waals surface area contributed by atoms with Gasteiger partial charge in [-0.05, 0) is 13.0 Å². The maximum Gasteiger partial charge on any atom is 0.169 e. The maximum absolute atomic E-state index is 6.09. The van der Waals surface area contributed by atoms with Gasteiger partial charge in [-0.15, -0.1) is 0 Å². The summed E-state index contributed by atoms with van der Waals surface area (Å²) in [5.41, 5.74) is 0. The van der Waals surface area contributed by atoms with Crippen molar-refractivity contribution in [2.75, 3.05) is 17.2 Å². The monoisotopic (exact) mass is 300 g/mol. The van der Waals surface area contributed by atoms with E-state index in [1.165, 1.54) is 0 Å². The summed E-state index contributed by atoms with van der Waals surface area (Å²) in [4.78, 5) is 8.45. The van der Waals surface area contributed by atoms with Crippen molar-refractivity contribution in [2.24, 2.45) is 7.05 Å². The van der Waals surface area contributed by atoms with Gasteiger partial charge in [0.05, 0.1) is 16.6 Å². The summed E-state index contributed by atoms with van der Waals surface area (Å²) in [5, 5.41) is 11.3. The molecule has 2 aromatic heterocycles. The highest BCUT2D eigenvalue weighted by molar-refractivity contribution is 6.37. The molecule has 0 atom stereocenters. The molecule has 0 aliphatic rings. The highest BCUT2D eigenvalue weighted by atomic mass is 35.5. The highest BCUT2D eigenvalue weighted by Crippen LogP contribution is 2.29. The van der Waals surface area contributed by atoms with Gasteiger partial charge in [-0.2, -0.15) is 5.10 Å². The van der Waals surface area contributed by atoms with Crippen LogP contribution in [0.5, 0.6) is 0 Å². The van der Waals surface area contributed by atoms with Gasteiger partial charge in [0.15, 0.2) is 5.82 Å². The lowest BCUT2D eigenvalue weighted by Crippen LogP contribution is -2.07. The van der Waals surface area contributed by atoms with Crippen LogP contribution in [0.25, 0.3) is 0 Å². The van der Waals surface area contributed by atoms with Gasteiger partial charge in [-0.1, -0.05) is 23.2 Å². The minimum atomic E-state index is 0.445. The van der Waals surface area contributed by atoms with Gasteiger partial charge < -0.3 is 10.6 Å². The molecule has 0 aliphatic heterocycles. The predicted molar refractivity (Wildman–Crippen MR) is 76.8 cm³/mol. The zero-order valence-corrected chi connectivity index (χ0v) is 12.1. The average Bonchev–Trinajstić information content (AvgIpc) is 2.77. The van der Waals surface area contributed by atoms with Gasteiger partial charge in [0.2, 0.25) is 0 Å². The average molecular weight is 301 g/mol. The molecular formula is C11H14Cl2N6. The number of hydrogen-bond acceptors (Lipinski definition) is 5. The molecule has 2 N–H and O–H groups in total. The summed E-state index contributed by atoms with van der Waals surface area (Å²) >= 11 is 12.1. The van der Waals surface area contributed by atoms with Gasteiger partial charge >= 0.3 is 0 Å². The van der Waals surface area contributed by atoms with Gasteiger partial charge in [0.25, 0.3) is 0 Å². The Morgan fingerprint density at radius 2 is 1.89 bits per heavy atom. The molecule has 2 rings (SSSR count). The summed E-state index contributed by atoms with van der Waals surface area (Å²) in [6.07, 6.45) is 1.64. The Bertz CT molecular complexity index is 568. The lowest BCUT2D eigenvalue weighted by Gasteiger charge is -2.10. The number of rotatable bonds is 5. The van der Waals surface area contributed by atoms with Crippen LogP contribution < -0.4 is 10.6 Å². The van der Waals surface area contributed by atoms with Crippen molar-refractivity contribution in [3.8, 4) is 0 Å². The second kappa shape index (κ2) is 6.08. The fourth-order valence-electron chi connectivity index (χ4n) is 1.51. The van der Waals surface area contributed by atoms with E-state index in [1.54, 1.807) is 17.1 Å². The Hall–Kier alpha value is -1.53. The third-order valence-electron chi connectivity index (χ3n) is 2.33.